The smallest absolute Gasteiger partial charge is 0.251 e. The van der Waals surface area contributed by atoms with Crippen LogP contribution in [-0.2, 0) is 4.79 Å². The van der Waals surface area contributed by atoms with E-state index in [1.165, 1.54) is 0 Å². The normalized spacial score (nSPS) is 14.7. The van der Waals surface area contributed by atoms with Crippen LogP contribution < -0.4 is 10.2 Å². The number of hydrogen-bond donors (Lipinski definition) is 1. The minimum atomic E-state index is -0.531. The Kier molecular flexibility index (Phi) is 8.33. The quantitative estimate of drug-likeness (QED) is 0.621. The van der Waals surface area contributed by atoms with Crippen molar-refractivity contribution < 1.29 is 14.4 Å². The fourth-order valence-corrected chi connectivity index (χ4v) is 4.30. The van der Waals surface area contributed by atoms with Crippen LogP contribution in [0.4, 0.5) is 5.69 Å². The van der Waals surface area contributed by atoms with E-state index in [0.29, 0.717) is 43.7 Å². The summed E-state index contributed by atoms with van der Waals surface area (Å²) in [5, 5.41) is 2.96. The van der Waals surface area contributed by atoms with Gasteiger partial charge >= 0.3 is 0 Å². The Balaban J connectivity index is 1.61. The molecule has 0 radical (unpaired) electrons. The number of anilines is 1. The summed E-state index contributed by atoms with van der Waals surface area (Å²) < 4.78 is 0. The molecule has 6 nitrogen and oxygen atoms in total. The summed E-state index contributed by atoms with van der Waals surface area (Å²) in [4.78, 5) is 41.5. The molecule has 0 aromatic heterocycles. The van der Waals surface area contributed by atoms with Crippen LogP contribution in [0.5, 0.6) is 0 Å². The second-order valence-corrected chi connectivity index (χ2v) is 9.08. The number of aryl methyl sites for hydroxylation is 1. The number of nitrogens with zero attached hydrogens (tertiary/aromatic N) is 2. The van der Waals surface area contributed by atoms with Gasteiger partial charge < -0.3 is 15.1 Å². The molecule has 1 aliphatic rings. The standard InChI is InChI=1S/C25H31N3O3S/c1-18-5-4-6-21(17-18)24(30)26-23(11-16-32-3)25(31)28-14-12-27(13-15-28)22-9-7-20(8-10-22)19(2)29/h4-10,17,23H,11-16H2,1-3H3,(H,26,30). The van der Waals surface area contributed by atoms with Gasteiger partial charge in [0.1, 0.15) is 6.04 Å². The van der Waals surface area contributed by atoms with Crippen LogP contribution in [-0.4, -0.2) is 66.7 Å². The second-order valence-electron chi connectivity index (χ2n) is 8.09. The first-order chi connectivity index (χ1) is 15.4. The molecule has 7 heteroatoms. The molecular formula is C25H31N3O3S. The van der Waals surface area contributed by atoms with Gasteiger partial charge in [0.2, 0.25) is 5.91 Å². The molecule has 2 aromatic rings. The Morgan fingerprint density at radius 3 is 2.28 bits per heavy atom. The molecule has 1 unspecified atom stereocenters. The van der Waals surface area contributed by atoms with Crippen LogP contribution in [0.1, 0.15) is 39.6 Å². The number of thioether (sulfide) groups is 1. The topological polar surface area (TPSA) is 69.7 Å². The first kappa shape index (κ1) is 23.9. The van der Waals surface area contributed by atoms with Crippen molar-refractivity contribution in [3.63, 3.8) is 0 Å². The van der Waals surface area contributed by atoms with E-state index in [9.17, 15) is 14.4 Å². The van der Waals surface area contributed by atoms with Crippen molar-refractivity contribution in [1.29, 1.82) is 0 Å². The SMILES string of the molecule is CSCCC(NC(=O)c1cccc(C)c1)C(=O)N1CCN(c2ccc(C(C)=O)cc2)CC1. The van der Waals surface area contributed by atoms with Crippen molar-refractivity contribution in [3.05, 3.63) is 65.2 Å². The summed E-state index contributed by atoms with van der Waals surface area (Å²) in [7, 11) is 0. The first-order valence-corrected chi connectivity index (χ1v) is 12.3. The zero-order valence-corrected chi connectivity index (χ0v) is 19.8. The van der Waals surface area contributed by atoms with Crippen molar-refractivity contribution in [3.8, 4) is 0 Å². The Morgan fingerprint density at radius 2 is 1.69 bits per heavy atom. The average molecular weight is 454 g/mol. The number of Topliss-reactive ketones (excluding diaryl/α,β-unsaturated/α-hetero) is 1. The van der Waals surface area contributed by atoms with E-state index in [1.807, 2.05) is 60.5 Å². The Labute approximate surface area is 194 Å². The summed E-state index contributed by atoms with van der Waals surface area (Å²) >= 11 is 1.67. The van der Waals surface area contributed by atoms with E-state index in [-0.39, 0.29) is 17.6 Å². The van der Waals surface area contributed by atoms with Gasteiger partial charge in [-0.1, -0.05) is 17.7 Å². The molecule has 0 saturated carbocycles. The Morgan fingerprint density at radius 1 is 1.00 bits per heavy atom. The number of carbonyl (C=O) groups excluding carboxylic acids is 3. The lowest BCUT2D eigenvalue weighted by Gasteiger charge is -2.37. The average Bonchev–Trinajstić information content (AvgIpc) is 2.81. The molecule has 1 saturated heterocycles. The predicted octanol–water partition coefficient (Wildman–Crippen LogP) is 3.40. The number of nitrogens with one attached hydrogen (secondary N) is 1. The number of hydrogen-bond acceptors (Lipinski definition) is 5. The lowest BCUT2D eigenvalue weighted by molar-refractivity contribution is -0.133. The van der Waals surface area contributed by atoms with Gasteiger partial charge in [0.25, 0.3) is 5.91 Å². The molecule has 0 aliphatic carbocycles. The van der Waals surface area contributed by atoms with E-state index in [4.69, 9.17) is 0 Å². The van der Waals surface area contributed by atoms with E-state index >= 15 is 0 Å². The molecule has 2 amide bonds. The van der Waals surface area contributed by atoms with Crippen LogP contribution in [0.3, 0.4) is 0 Å². The third-order valence-corrected chi connectivity index (χ3v) is 6.37. The second kappa shape index (κ2) is 11.2. The third-order valence-electron chi connectivity index (χ3n) is 5.72. The molecule has 0 bridgehead atoms. The number of benzene rings is 2. The highest BCUT2D eigenvalue weighted by molar-refractivity contribution is 7.98. The number of carbonyl (C=O) groups is 3. The van der Waals surface area contributed by atoms with Crippen molar-refractivity contribution in [1.82, 2.24) is 10.2 Å². The lowest BCUT2D eigenvalue weighted by Crippen LogP contribution is -2.55. The maximum absolute atomic E-state index is 13.2. The van der Waals surface area contributed by atoms with Crippen LogP contribution in [0.15, 0.2) is 48.5 Å². The van der Waals surface area contributed by atoms with E-state index < -0.39 is 6.04 Å². The number of ketones is 1. The minimum absolute atomic E-state index is 0.0216. The first-order valence-electron chi connectivity index (χ1n) is 10.9. The Bertz CT molecular complexity index is 953. The van der Waals surface area contributed by atoms with Crippen molar-refractivity contribution in [2.24, 2.45) is 0 Å². The summed E-state index contributed by atoms with van der Waals surface area (Å²) in [6.45, 7) is 6.14. The van der Waals surface area contributed by atoms with Gasteiger partial charge in [-0.3, -0.25) is 14.4 Å². The fraction of sp³-hybridized carbons (Fsp3) is 0.400. The summed E-state index contributed by atoms with van der Waals surface area (Å²) in [5.74, 6) is 0.618. The largest absolute Gasteiger partial charge is 0.368 e. The van der Waals surface area contributed by atoms with Crippen molar-refractivity contribution >= 4 is 35.0 Å². The molecule has 32 heavy (non-hydrogen) atoms. The molecule has 3 rings (SSSR count). The van der Waals surface area contributed by atoms with E-state index in [0.717, 1.165) is 17.0 Å². The van der Waals surface area contributed by atoms with Gasteiger partial charge in [-0.2, -0.15) is 11.8 Å². The Hall–Kier alpha value is -2.80. The number of amides is 2. The van der Waals surface area contributed by atoms with E-state index in [2.05, 4.69) is 10.2 Å². The molecule has 1 N–H and O–H groups in total. The maximum atomic E-state index is 13.2. The van der Waals surface area contributed by atoms with Crippen LogP contribution in [0, 0.1) is 6.92 Å². The van der Waals surface area contributed by atoms with Gasteiger partial charge in [-0.25, -0.2) is 0 Å². The fourth-order valence-electron chi connectivity index (χ4n) is 3.83. The molecular weight excluding hydrogens is 422 g/mol. The van der Waals surface area contributed by atoms with Crippen LogP contribution in [0.2, 0.25) is 0 Å². The molecule has 0 spiro atoms. The van der Waals surface area contributed by atoms with Gasteiger partial charge in [-0.05, 0) is 68.7 Å². The van der Waals surface area contributed by atoms with Crippen LogP contribution in [0.25, 0.3) is 0 Å². The monoisotopic (exact) mass is 453 g/mol. The predicted molar refractivity (Wildman–Crippen MR) is 131 cm³/mol. The van der Waals surface area contributed by atoms with Crippen LogP contribution >= 0.6 is 11.8 Å². The van der Waals surface area contributed by atoms with Gasteiger partial charge in [0.15, 0.2) is 5.78 Å². The van der Waals surface area contributed by atoms with Gasteiger partial charge in [-0.15, -0.1) is 0 Å². The zero-order chi connectivity index (χ0) is 23.1. The summed E-state index contributed by atoms with van der Waals surface area (Å²) in [6, 6.07) is 14.5. The highest BCUT2D eigenvalue weighted by Gasteiger charge is 2.28. The van der Waals surface area contributed by atoms with Crippen molar-refractivity contribution in [2.75, 3.05) is 43.1 Å². The minimum Gasteiger partial charge on any atom is -0.368 e. The molecule has 170 valence electrons. The van der Waals surface area contributed by atoms with E-state index in [1.54, 1.807) is 24.8 Å². The van der Waals surface area contributed by atoms with Crippen molar-refractivity contribution in [2.45, 2.75) is 26.3 Å². The maximum Gasteiger partial charge on any atom is 0.251 e. The summed E-state index contributed by atoms with van der Waals surface area (Å²) in [5.41, 5.74) is 3.33. The zero-order valence-electron chi connectivity index (χ0n) is 19.0. The number of rotatable bonds is 8. The highest BCUT2D eigenvalue weighted by Crippen LogP contribution is 2.18. The molecule has 1 heterocycles. The van der Waals surface area contributed by atoms with Gasteiger partial charge in [0, 0.05) is 43.0 Å². The third kappa shape index (κ3) is 6.13. The molecule has 1 aliphatic heterocycles. The molecule has 1 atom stereocenters. The number of piperazine rings is 1. The lowest BCUT2D eigenvalue weighted by atomic mass is 10.1. The molecule has 1 fully saturated rings. The summed E-state index contributed by atoms with van der Waals surface area (Å²) in [6.07, 6.45) is 2.60. The van der Waals surface area contributed by atoms with Gasteiger partial charge in [0.05, 0.1) is 0 Å². The highest BCUT2D eigenvalue weighted by atomic mass is 32.2. The molecule has 2 aromatic carbocycles.